The molecule has 174 valence electrons. The number of pyridine rings is 1. The highest BCUT2D eigenvalue weighted by molar-refractivity contribution is 6.51. The van der Waals surface area contributed by atoms with E-state index in [0.29, 0.717) is 16.9 Å². The Morgan fingerprint density at radius 3 is 2.29 bits per heavy atom. The predicted molar refractivity (Wildman–Crippen MR) is 135 cm³/mol. The summed E-state index contributed by atoms with van der Waals surface area (Å²) in [5.41, 5.74) is 5.38. The van der Waals surface area contributed by atoms with Gasteiger partial charge in [0.1, 0.15) is 11.8 Å². The van der Waals surface area contributed by atoms with Gasteiger partial charge in [-0.05, 0) is 67.1 Å². The summed E-state index contributed by atoms with van der Waals surface area (Å²) in [6.45, 7) is 12.1. The normalized spacial score (nSPS) is 17.9. The maximum Gasteiger partial charge on any atom is 0.300 e. The lowest BCUT2D eigenvalue weighted by Crippen LogP contribution is -2.30. The third-order valence-electron chi connectivity index (χ3n) is 6.38. The standard InChI is InChI=1S/C29H30N2O3/c1-17-10-13-23(19(3)15-17)31-25(22-9-7-8-14-30-22)24(27(33)28(31)34)26(32)21-16-20(29(4,5)6)12-11-18(21)2/h7-16,25,32H,1-6H3/b26-24+. The first-order chi connectivity index (χ1) is 16.0. The molecule has 2 heterocycles. The van der Waals surface area contributed by atoms with Gasteiger partial charge in [-0.3, -0.25) is 19.5 Å². The van der Waals surface area contributed by atoms with Gasteiger partial charge in [0.15, 0.2) is 0 Å². The summed E-state index contributed by atoms with van der Waals surface area (Å²) in [5.74, 6) is -1.56. The summed E-state index contributed by atoms with van der Waals surface area (Å²) in [7, 11) is 0. The van der Waals surface area contributed by atoms with Crippen LogP contribution in [-0.2, 0) is 15.0 Å². The molecule has 1 atom stereocenters. The van der Waals surface area contributed by atoms with Crippen LogP contribution < -0.4 is 4.90 Å². The Kier molecular flexibility index (Phi) is 5.90. The molecular weight excluding hydrogens is 424 g/mol. The second-order valence-corrected chi connectivity index (χ2v) is 9.99. The number of aliphatic hydroxyl groups is 1. The molecular formula is C29H30N2O3. The van der Waals surface area contributed by atoms with Gasteiger partial charge in [0, 0.05) is 17.4 Å². The number of anilines is 1. The van der Waals surface area contributed by atoms with E-state index < -0.39 is 17.7 Å². The number of aliphatic hydroxyl groups excluding tert-OH is 1. The topological polar surface area (TPSA) is 70.5 Å². The Bertz CT molecular complexity index is 1320. The first kappa shape index (κ1) is 23.4. The number of benzene rings is 2. The van der Waals surface area contributed by atoms with Crippen LogP contribution in [0, 0.1) is 20.8 Å². The predicted octanol–water partition coefficient (Wildman–Crippen LogP) is 5.93. The lowest BCUT2D eigenvalue weighted by Gasteiger charge is -2.26. The van der Waals surface area contributed by atoms with E-state index in [4.69, 9.17) is 0 Å². The number of carbonyl (C=O) groups excluding carboxylic acids is 2. The minimum atomic E-state index is -0.833. The number of aryl methyl sites for hydroxylation is 3. The molecule has 0 spiro atoms. The molecule has 2 aromatic carbocycles. The summed E-state index contributed by atoms with van der Waals surface area (Å²) >= 11 is 0. The average molecular weight is 455 g/mol. The fourth-order valence-corrected chi connectivity index (χ4v) is 4.46. The van der Waals surface area contributed by atoms with E-state index >= 15 is 0 Å². The van der Waals surface area contributed by atoms with Crippen molar-refractivity contribution in [2.24, 2.45) is 0 Å². The van der Waals surface area contributed by atoms with Gasteiger partial charge in [-0.2, -0.15) is 0 Å². The summed E-state index contributed by atoms with van der Waals surface area (Å²) in [6, 6.07) is 16.1. The van der Waals surface area contributed by atoms with Gasteiger partial charge in [-0.1, -0.05) is 56.7 Å². The molecule has 0 aliphatic carbocycles. The molecule has 1 saturated heterocycles. The average Bonchev–Trinajstić information content (AvgIpc) is 3.04. The number of Topliss-reactive ketones (excluding diaryl/α,β-unsaturated/α-hetero) is 1. The SMILES string of the molecule is Cc1ccc(N2C(=O)C(=O)/C(=C(/O)c3cc(C(C)(C)C)ccc3C)C2c2ccccn2)c(C)c1. The number of hydrogen-bond acceptors (Lipinski definition) is 4. The van der Waals surface area contributed by atoms with Crippen molar-refractivity contribution in [3.8, 4) is 0 Å². The van der Waals surface area contributed by atoms with Crippen molar-refractivity contribution in [2.75, 3.05) is 4.90 Å². The Morgan fingerprint density at radius 2 is 1.68 bits per heavy atom. The molecule has 1 aliphatic heterocycles. The van der Waals surface area contributed by atoms with Gasteiger partial charge in [0.05, 0.1) is 11.3 Å². The van der Waals surface area contributed by atoms with Gasteiger partial charge in [-0.25, -0.2) is 0 Å². The van der Waals surface area contributed by atoms with Crippen LogP contribution in [0.15, 0.2) is 66.4 Å². The molecule has 0 bridgehead atoms. The highest BCUT2D eigenvalue weighted by Gasteiger charge is 2.48. The van der Waals surface area contributed by atoms with Crippen LogP contribution in [0.1, 0.15) is 60.3 Å². The van der Waals surface area contributed by atoms with Crippen molar-refractivity contribution >= 4 is 23.1 Å². The number of hydrogen-bond donors (Lipinski definition) is 1. The summed E-state index contributed by atoms with van der Waals surface area (Å²) in [6.07, 6.45) is 1.63. The molecule has 5 heteroatoms. The van der Waals surface area contributed by atoms with E-state index in [9.17, 15) is 14.7 Å². The quantitative estimate of drug-likeness (QED) is 0.302. The lowest BCUT2D eigenvalue weighted by molar-refractivity contribution is -0.132. The van der Waals surface area contributed by atoms with Crippen LogP contribution in [0.25, 0.3) is 5.76 Å². The van der Waals surface area contributed by atoms with Gasteiger partial charge in [-0.15, -0.1) is 0 Å². The number of rotatable bonds is 3. The highest BCUT2D eigenvalue weighted by Crippen LogP contribution is 2.43. The van der Waals surface area contributed by atoms with Crippen molar-refractivity contribution in [3.63, 3.8) is 0 Å². The number of amides is 1. The fourth-order valence-electron chi connectivity index (χ4n) is 4.46. The Balaban J connectivity index is 1.99. The second-order valence-electron chi connectivity index (χ2n) is 9.99. The van der Waals surface area contributed by atoms with Crippen molar-refractivity contribution in [3.05, 3.63) is 99.9 Å². The summed E-state index contributed by atoms with van der Waals surface area (Å²) < 4.78 is 0. The zero-order chi connectivity index (χ0) is 24.8. The van der Waals surface area contributed by atoms with Crippen molar-refractivity contribution in [1.29, 1.82) is 0 Å². The molecule has 0 saturated carbocycles. The molecule has 1 aromatic heterocycles. The molecule has 1 fully saturated rings. The van der Waals surface area contributed by atoms with E-state index in [0.717, 1.165) is 22.3 Å². The monoisotopic (exact) mass is 454 g/mol. The Morgan fingerprint density at radius 1 is 0.941 bits per heavy atom. The minimum absolute atomic E-state index is 0.0536. The number of ketones is 1. The van der Waals surface area contributed by atoms with E-state index in [1.165, 1.54) is 4.90 Å². The second kappa shape index (κ2) is 8.56. The molecule has 5 nitrogen and oxygen atoms in total. The largest absolute Gasteiger partial charge is 0.507 e. The van der Waals surface area contributed by atoms with Crippen molar-refractivity contribution in [1.82, 2.24) is 4.98 Å². The van der Waals surface area contributed by atoms with Crippen LogP contribution >= 0.6 is 0 Å². The highest BCUT2D eigenvalue weighted by atomic mass is 16.3. The molecule has 1 amide bonds. The maximum atomic E-state index is 13.4. The molecule has 1 N–H and O–H groups in total. The van der Waals surface area contributed by atoms with Gasteiger partial charge in [0.2, 0.25) is 0 Å². The molecule has 3 aromatic rings. The van der Waals surface area contributed by atoms with E-state index in [1.807, 2.05) is 63.2 Å². The van der Waals surface area contributed by atoms with E-state index in [1.54, 1.807) is 18.3 Å². The number of nitrogens with zero attached hydrogens (tertiary/aromatic N) is 2. The maximum absolute atomic E-state index is 13.4. The Hall–Kier alpha value is -3.73. The van der Waals surface area contributed by atoms with Crippen LogP contribution in [0.4, 0.5) is 5.69 Å². The first-order valence-electron chi connectivity index (χ1n) is 11.4. The van der Waals surface area contributed by atoms with Crippen LogP contribution in [0.2, 0.25) is 0 Å². The third kappa shape index (κ3) is 4.03. The summed E-state index contributed by atoms with van der Waals surface area (Å²) in [5, 5.41) is 11.5. The smallest absolute Gasteiger partial charge is 0.300 e. The van der Waals surface area contributed by atoms with Crippen LogP contribution in [0.3, 0.4) is 0 Å². The van der Waals surface area contributed by atoms with Gasteiger partial charge >= 0.3 is 0 Å². The van der Waals surface area contributed by atoms with E-state index in [2.05, 4.69) is 25.8 Å². The van der Waals surface area contributed by atoms with E-state index in [-0.39, 0.29) is 16.7 Å². The Labute approximate surface area is 200 Å². The zero-order valence-corrected chi connectivity index (χ0v) is 20.5. The fraction of sp³-hybridized carbons (Fsp3) is 0.276. The summed E-state index contributed by atoms with van der Waals surface area (Å²) in [4.78, 5) is 32.7. The molecule has 1 unspecified atom stereocenters. The molecule has 34 heavy (non-hydrogen) atoms. The van der Waals surface area contributed by atoms with Gasteiger partial charge < -0.3 is 5.11 Å². The van der Waals surface area contributed by atoms with Crippen molar-refractivity contribution in [2.45, 2.75) is 53.0 Å². The molecule has 1 aliphatic rings. The van der Waals surface area contributed by atoms with Gasteiger partial charge in [0.25, 0.3) is 11.7 Å². The zero-order valence-electron chi connectivity index (χ0n) is 20.5. The number of aromatic nitrogens is 1. The molecule has 0 radical (unpaired) electrons. The van der Waals surface area contributed by atoms with Crippen LogP contribution in [-0.4, -0.2) is 21.8 Å². The first-order valence-corrected chi connectivity index (χ1v) is 11.4. The van der Waals surface area contributed by atoms with Crippen LogP contribution in [0.5, 0.6) is 0 Å². The minimum Gasteiger partial charge on any atom is -0.507 e. The lowest BCUT2D eigenvalue weighted by atomic mass is 9.84. The third-order valence-corrected chi connectivity index (χ3v) is 6.38. The molecule has 4 rings (SSSR count). The number of carbonyl (C=O) groups is 2. The van der Waals surface area contributed by atoms with Crippen molar-refractivity contribution < 1.29 is 14.7 Å².